The molecule has 0 aromatic carbocycles. The molecule has 2 N–H and O–H groups in total. The molecule has 60 valence electrons. The third-order valence-electron chi connectivity index (χ3n) is 1.45. The molecule has 0 amide bonds. The number of pyridine rings is 1. The van der Waals surface area contributed by atoms with Crippen LogP contribution in [0.1, 0.15) is 11.3 Å². The lowest BCUT2D eigenvalue weighted by Gasteiger charge is -2.00. The molecule has 4 heteroatoms. The van der Waals surface area contributed by atoms with Crippen LogP contribution in [0.15, 0.2) is 23.3 Å². The molecular formula is C8H8N4. The Morgan fingerprint density at radius 3 is 3.08 bits per heavy atom. The molecule has 0 saturated heterocycles. The highest BCUT2D eigenvalue weighted by Crippen LogP contribution is 2.02. The van der Waals surface area contributed by atoms with Gasteiger partial charge in [0, 0.05) is 17.5 Å². The number of aryl methyl sites for hydroxylation is 1. The molecule has 0 aliphatic heterocycles. The third-order valence-corrected chi connectivity index (χ3v) is 1.45. The van der Waals surface area contributed by atoms with Gasteiger partial charge in [-0.05, 0) is 19.1 Å². The fourth-order valence-electron chi connectivity index (χ4n) is 0.869. The van der Waals surface area contributed by atoms with Crippen LogP contribution < -0.4 is 5.73 Å². The maximum Gasteiger partial charge on any atom is 0.207 e. The van der Waals surface area contributed by atoms with Gasteiger partial charge in [-0.3, -0.25) is 4.98 Å². The monoisotopic (exact) mass is 160 g/mol. The van der Waals surface area contributed by atoms with Crippen molar-refractivity contribution in [3.63, 3.8) is 0 Å². The number of nitriles is 1. The number of hydrogen-bond acceptors (Lipinski definition) is 3. The summed E-state index contributed by atoms with van der Waals surface area (Å²) in [5.74, 6) is 0.211. The Labute approximate surface area is 70.4 Å². The molecule has 0 spiro atoms. The Morgan fingerprint density at radius 2 is 2.50 bits per heavy atom. The van der Waals surface area contributed by atoms with Crippen molar-refractivity contribution in [2.45, 2.75) is 6.92 Å². The first-order valence-corrected chi connectivity index (χ1v) is 3.40. The topological polar surface area (TPSA) is 75.1 Å². The van der Waals surface area contributed by atoms with Gasteiger partial charge in [-0.2, -0.15) is 10.3 Å². The molecule has 4 nitrogen and oxygen atoms in total. The molecule has 1 heterocycles. The van der Waals surface area contributed by atoms with Crippen molar-refractivity contribution in [3.8, 4) is 6.19 Å². The fraction of sp³-hybridized carbons (Fsp3) is 0.125. The first-order valence-electron chi connectivity index (χ1n) is 3.40. The Bertz CT molecular complexity index is 348. The number of nitrogens with two attached hydrogens (primary N) is 1. The zero-order chi connectivity index (χ0) is 8.97. The highest BCUT2D eigenvalue weighted by molar-refractivity contribution is 5.98. The number of nitrogens with zero attached hydrogens (tertiary/aromatic N) is 3. The summed E-state index contributed by atoms with van der Waals surface area (Å²) < 4.78 is 0. The molecule has 0 aliphatic carbocycles. The maximum atomic E-state index is 8.25. The number of aliphatic imine (C=N–C) groups is 1. The minimum absolute atomic E-state index is 0.211. The summed E-state index contributed by atoms with van der Waals surface area (Å²) in [6.07, 6.45) is 3.29. The van der Waals surface area contributed by atoms with Crippen LogP contribution in [0.2, 0.25) is 0 Å². The van der Waals surface area contributed by atoms with Gasteiger partial charge in [0.1, 0.15) is 5.84 Å². The quantitative estimate of drug-likeness (QED) is 0.371. The number of rotatable bonds is 1. The van der Waals surface area contributed by atoms with Gasteiger partial charge in [0.05, 0.1) is 0 Å². The van der Waals surface area contributed by atoms with Crippen LogP contribution in [0.4, 0.5) is 0 Å². The molecule has 0 aliphatic rings. The standard InChI is InChI=1S/C8H8N4/c1-6-7(3-2-4-11-6)8(10)12-5-9/h2-4H,1H3,(H2,10,12). The van der Waals surface area contributed by atoms with Crippen LogP contribution in [0.5, 0.6) is 0 Å². The lowest BCUT2D eigenvalue weighted by atomic mass is 10.2. The zero-order valence-electron chi connectivity index (χ0n) is 6.65. The second kappa shape index (κ2) is 3.49. The highest BCUT2D eigenvalue weighted by Gasteiger charge is 2.01. The highest BCUT2D eigenvalue weighted by atomic mass is 14.9. The second-order valence-corrected chi connectivity index (χ2v) is 2.23. The van der Waals surface area contributed by atoms with Crippen molar-refractivity contribution in [1.82, 2.24) is 4.98 Å². The summed E-state index contributed by atoms with van der Waals surface area (Å²) in [6.45, 7) is 1.81. The van der Waals surface area contributed by atoms with E-state index in [1.807, 2.05) is 6.92 Å². The van der Waals surface area contributed by atoms with Gasteiger partial charge in [-0.1, -0.05) is 0 Å². The third kappa shape index (κ3) is 1.58. The van der Waals surface area contributed by atoms with E-state index in [2.05, 4.69) is 9.98 Å². The second-order valence-electron chi connectivity index (χ2n) is 2.23. The number of aromatic nitrogens is 1. The average molecular weight is 160 g/mol. The van der Waals surface area contributed by atoms with Crippen molar-refractivity contribution < 1.29 is 0 Å². The van der Waals surface area contributed by atoms with Gasteiger partial charge in [0.25, 0.3) is 0 Å². The van der Waals surface area contributed by atoms with Crippen molar-refractivity contribution in [2.24, 2.45) is 10.7 Å². The lowest BCUT2D eigenvalue weighted by Crippen LogP contribution is -2.14. The van der Waals surface area contributed by atoms with E-state index in [4.69, 9.17) is 11.0 Å². The minimum Gasteiger partial charge on any atom is -0.382 e. The Hall–Kier alpha value is -1.89. The average Bonchev–Trinajstić information content (AvgIpc) is 2.05. The number of hydrogen-bond donors (Lipinski definition) is 1. The molecule has 0 atom stereocenters. The van der Waals surface area contributed by atoms with E-state index in [1.165, 1.54) is 0 Å². The summed E-state index contributed by atoms with van der Waals surface area (Å²) in [7, 11) is 0. The molecule has 0 saturated carbocycles. The Morgan fingerprint density at radius 1 is 1.75 bits per heavy atom. The van der Waals surface area contributed by atoms with Crippen molar-refractivity contribution in [3.05, 3.63) is 29.6 Å². The molecule has 1 aromatic heterocycles. The Balaban J connectivity index is 3.13. The molecule has 1 rings (SSSR count). The Kier molecular flexibility index (Phi) is 2.38. The normalized spacial score (nSPS) is 10.8. The van der Waals surface area contributed by atoms with Gasteiger partial charge in [-0.25, -0.2) is 0 Å². The summed E-state index contributed by atoms with van der Waals surface area (Å²) in [5, 5.41) is 8.25. The molecule has 0 radical (unpaired) electrons. The largest absolute Gasteiger partial charge is 0.382 e. The molecule has 0 unspecified atom stereocenters. The van der Waals surface area contributed by atoms with E-state index in [0.29, 0.717) is 5.56 Å². The molecule has 0 fully saturated rings. The van der Waals surface area contributed by atoms with Crippen molar-refractivity contribution in [1.29, 1.82) is 5.26 Å². The van der Waals surface area contributed by atoms with Gasteiger partial charge >= 0.3 is 0 Å². The summed E-state index contributed by atoms with van der Waals surface area (Å²) in [6, 6.07) is 3.53. The SMILES string of the molecule is Cc1ncccc1C(N)=NC#N. The van der Waals surface area contributed by atoms with Crippen LogP contribution >= 0.6 is 0 Å². The minimum atomic E-state index is 0.211. The number of amidine groups is 1. The molecule has 1 aromatic rings. The van der Waals surface area contributed by atoms with E-state index >= 15 is 0 Å². The fourth-order valence-corrected chi connectivity index (χ4v) is 0.869. The summed E-state index contributed by atoms with van der Waals surface area (Å²) in [5.41, 5.74) is 6.97. The molecule has 0 bridgehead atoms. The smallest absolute Gasteiger partial charge is 0.207 e. The van der Waals surface area contributed by atoms with E-state index in [-0.39, 0.29) is 5.84 Å². The lowest BCUT2D eigenvalue weighted by molar-refractivity contribution is 1.18. The first-order chi connectivity index (χ1) is 5.75. The zero-order valence-corrected chi connectivity index (χ0v) is 6.65. The van der Waals surface area contributed by atoms with Crippen LogP contribution in [0.3, 0.4) is 0 Å². The maximum absolute atomic E-state index is 8.25. The van der Waals surface area contributed by atoms with Crippen molar-refractivity contribution >= 4 is 5.84 Å². The van der Waals surface area contributed by atoms with Crippen molar-refractivity contribution in [2.75, 3.05) is 0 Å². The van der Waals surface area contributed by atoms with Crippen LogP contribution in [0.25, 0.3) is 0 Å². The van der Waals surface area contributed by atoms with Gasteiger partial charge in [0.2, 0.25) is 6.19 Å². The van der Waals surface area contributed by atoms with E-state index in [0.717, 1.165) is 5.69 Å². The van der Waals surface area contributed by atoms with Gasteiger partial charge < -0.3 is 5.73 Å². The first kappa shape index (κ1) is 8.21. The predicted octanol–water partition coefficient (Wildman–Crippen LogP) is 0.576. The van der Waals surface area contributed by atoms with Crippen LogP contribution in [-0.4, -0.2) is 10.8 Å². The van der Waals surface area contributed by atoms with Crippen LogP contribution in [-0.2, 0) is 0 Å². The van der Waals surface area contributed by atoms with Crippen LogP contribution in [0, 0.1) is 18.4 Å². The van der Waals surface area contributed by atoms with Gasteiger partial charge in [0.15, 0.2) is 0 Å². The summed E-state index contributed by atoms with van der Waals surface area (Å²) >= 11 is 0. The van der Waals surface area contributed by atoms with Gasteiger partial charge in [-0.15, -0.1) is 0 Å². The molecule has 12 heavy (non-hydrogen) atoms. The van der Waals surface area contributed by atoms with E-state index in [1.54, 1.807) is 24.5 Å². The van der Waals surface area contributed by atoms with E-state index in [9.17, 15) is 0 Å². The molecular weight excluding hydrogens is 152 g/mol. The predicted molar refractivity (Wildman–Crippen MR) is 45.3 cm³/mol. The summed E-state index contributed by atoms with van der Waals surface area (Å²) in [4.78, 5) is 7.43. The van der Waals surface area contributed by atoms with E-state index < -0.39 is 0 Å².